The number of hydrogen-bond donors (Lipinski definition) is 2. The van der Waals surface area contributed by atoms with Gasteiger partial charge in [0.05, 0.1) is 11.3 Å². The molecule has 2 aromatic carbocycles. The molecule has 3 aromatic rings. The van der Waals surface area contributed by atoms with E-state index in [-0.39, 0.29) is 22.4 Å². The van der Waals surface area contributed by atoms with E-state index in [1.165, 1.54) is 6.07 Å². The number of carbonyl (C=O) groups excluding carboxylic acids is 2. The zero-order chi connectivity index (χ0) is 21.7. The highest BCUT2D eigenvalue weighted by Crippen LogP contribution is 2.30. The van der Waals surface area contributed by atoms with Gasteiger partial charge in [-0.2, -0.15) is 13.2 Å². The summed E-state index contributed by atoms with van der Waals surface area (Å²) < 4.78 is 38.8. The van der Waals surface area contributed by atoms with Crippen LogP contribution in [-0.2, 0) is 11.0 Å². The predicted octanol–water partition coefficient (Wildman–Crippen LogP) is 4.85. The van der Waals surface area contributed by atoms with Crippen molar-refractivity contribution in [2.75, 3.05) is 16.4 Å². The number of para-hydroxylation sites is 1. The molecule has 0 atom stereocenters. The highest BCUT2D eigenvalue weighted by molar-refractivity contribution is 8.01. The maximum Gasteiger partial charge on any atom is 0.416 e. The number of thioether (sulfide) groups is 1. The Hall–Kier alpha value is -2.92. The maximum atomic E-state index is 12.8. The Bertz CT molecular complexity index is 1070. The Balaban J connectivity index is 1.55. The molecule has 11 heteroatoms. The van der Waals surface area contributed by atoms with E-state index in [1.807, 2.05) is 25.1 Å². The zero-order valence-electron chi connectivity index (χ0n) is 15.5. The van der Waals surface area contributed by atoms with Crippen molar-refractivity contribution in [1.29, 1.82) is 0 Å². The number of nitrogens with one attached hydrogen (secondary N) is 2. The molecule has 3 rings (SSSR count). The number of hydrogen-bond acceptors (Lipinski definition) is 6. The molecule has 6 nitrogen and oxygen atoms in total. The molecule has 0 saturated carbocycles. The fourth-order valence-corrected chi connectivity index (χ4v) is 3.90. The van der Waals surface area contributed by atoms with Gasteiger partial charge in [0.15, 0.2) is 4.34 Å². The Morgan fingerprint density at radius 3 is 2.57 bits per heavy atom. The van der Waals surface area contributed by atoms with Crippen LogP contribution >= 0.6 is 23.1 Å². The molecule has 0 bridgehead atoms. The first kappa shape index (κ1) is 21.8. The van der Waals surface area contributed by atoms with Gasteiger partial charge in [0.2, 0.25) is 11.0 Å². The number of aryl methyl sites for hydroxylation is 1. The number of halogens is 3. The van der Waals surface area contributed by atoms with Crippen molar-refractivity contribution in [3.05, 3.63) is 65.2 Å². The van der Waals surface area contributed by atoms with Gasteiger partial charge in [0, 0.05) is 11.3 Å². The molecule has 0 aliphatic rings. The topological polar surface area (TPSA) is 84.0 Å². The largest absolute Gasteiger partial charge is 0.416 e. The number of nitrogens with zero attached hydrogens (tertiary/aromatic N) is 2. The van der Waals surface area contributed by atoms with E-state index >= 15 is 0 Å². The van der Waals surface area contributed by atoms with E-state index in [0.717, 1.165) is 52.5 Å². The summed E-state index contributed by atoms with van der Waals surface area (Å²) in [5.41, 5.74) is 0.593. The number of anilines is 2. The molecule has 30 heavy (non-hydrogen) atoms. The Kier molecular flexibility index (Phi) is 6.73. The van der Waals surface area contributed by atoms with Crippen LogP contribution < -0.4 is 10.6 Å². The number of aromatic nitrogens is 2. The van der Waals surface area contributed by atoms with Crippen molar-refractivity contribution in [2.24, 2.45) is 0 Å². The van der Waals surface area contributed by atoms with Crippen LogP contribution in [0, 0.1) is 6.92 Å². The molecule has 0 unspecified atom stereocenters. The lowest BCUT2D eigenvalue weighted by atomic mass is 10.1. The van der Waals surface area contributed by atoms with Gasteiger partial charge < -0.3 is 5.32 Å². The third-order valence-electron chi connectivity index (χ3n) is 3.82. The molecular formula is C19H15F3N4O2S2. The number of amides is 2. The molecule has 0 spiro atoms. The second kappa shape index (κ2) is 9.26. The van der Waals surface area contributed by atoms with Crippen molar-refractivity contribution in [3.63, 3.8) is 0 Å². The predicted molar refractivity (Wildman–Crippen MR) is 110 cm³/mol. The molecule has 2 amide bonds. The first-order chi connectivity index (χ1) is 14.2. The summed E-state index contributed by atoms with van der Waals surface area (Å²) in [6.07, 6.45) is -4.54. The van der Waals surface area contributed by atoms with Crippen molar-refractivity contribution in [1.82, 2.24) is 10.2 Å². The average Bonchev–Trinajstić information content (AvgIpc) is 3.15. The second-order valence-electron chi connectivity index (χ2n) is 6.06. The fourth-order valence-electron chi connectivity index (χ4n) is 2.35. The molecule has 1 aromatic heterocycles. The van der Waals surface area contributed by atoms with Crippen LogP contribution in [-0.4, -0.2) is 27.8 Å². The van der Waals surface area contributed by atoms with Gasteiger partial charge in [-0.25, -0.2) is 0 Å². The lowest BCUT2D eigenvalue weighted by Gasteiger charge is -2.08. The summed E-state index contributed by atoms with van der Waals surface area (Å²) in [5.74, 6) is -0.866. The summed E-state index contributed by atoms with van der Waals surface area (Å²) in [6.45, 7) is 1.88. The van der Waals surface area contributed by atoms with Gasteiger partial charge in [0.25, 0.3) is 5.91 Å². The summed E-state index contributed by atoms with van der Waals surface area (Å²) >= 11 is 2.16. The first-order valence-electron chi connectivity index (χ1n) is 8.53. The Labute approximate surface area is 177 Å². The molecule has 0 fully saturated rings. The highest BCUT2D eigenvalue weighted by Gasteiger charge is 2.31. The summed E-state index contributed by atoms with van der Waals surface area (Å²) in [6, 6.07) is 11.5. The van der Waals surface area contributed by atoms with Crippen LogP contribution in [0.25, 0.3) is 0 Å². The van der Waals surface area contributed by atoms with Gasteiger partial charge >= 0.3 is 6.18 Å². The number of benzene rings is 2. The number of rotatable bonds is 6. The SMILES string of the molecule is Cc1ccccc1NC(=O)CSc1nnc(NC(=O)c2cccc(C(F)(F)F)c2)s1. The lowest BCUT2D eigenvalue weighted by molar-refractivity contribution is -0.137. The van der Waals surface area contributed by atoms with E-state index in [4.69, 9.17) is 0 Å². The van der Waals surface area contributed by atoms with Crippen LogP contribution in [0.2, 0.25) is 0 Å². The first-order valence-corrected chi connectivity index (χ1v) is 10.3. The van der Waals surface area contributed by atoms with E-state index in [9.17, 15) is 22.8 Å². The van der Waals surface area contributed by atoms with Crippen molar-refractivity contribution in [3.8, 4) is 0 Å². The number of alkyl halides is 3. The normalized spacial score (nSPS) is 11.2. The molecule has 0 aliphatic carbocycles. The van der Waals surface area contributed by atoms with Crippen molar-refractivity contribution >= 4 is 45.7 Å². The molecule has 2 N–H and O–H groups in total. The van der Waals surface area contributed by atoms with Crippen LogP contribution in [0.5, 0.6) is 0 Å². The van der Waals surface area contributed by atoms with Gasteiger partial charge in [-0.1, -0.05) is 47.4 Å². The van der Waals surface area contributed by atoms with Gasteiger partial charge in [-0.15, -0.1) is 10.2 Å². The molecule has 0 aliphatic heterocycles. The van der Waals surface area contributed by atoms with E-state index < -0.39 is 17.6 Å². The average molecular weight is 452 g/mol. The smallest absolute Gasteiger partial charge is 0.325 e. The molecular weight excluding hydrogens is 437 g/mol. The minimum absolute atomic E-state index is 0.0878. The monoisotopic (exact) mass is 452 g/mol. The Morgan fingerprint density at radius 2 is 1.83 bits per heavy atom. The molecule has 156 valence electrons. The molecule has 1 heterocycles. The van der Waals surface area contributed by atoms with Crippen molar-refractivity contribution < 1.29 is 22.8 Å². The third-order valence-corrected chi connectivity index (χ3v) is 5.80. The third kappa shape index (κ3) is 5.80. The summed E-state index contributed by atoms with van der Waals surface area (Å²) in [5, 5.41) is 13.0. The minimum atomic E-state index is -4.54. The molecule has 0 saturated heterocycles. The van der Waals surface area contributed by atoms with Crippen LogP contribution in [0.1, 0.15) is 21.5 Å². The van der Waals surface area contributed by atoms with E-state index in [2.05, 4.69) is 20.8 Å². The lowest BCUT2D eigenvalue weighted by Crippen LogP contribution is -2.14. The van der Waals surface area contributed by atoms with E-state index in [1.54, 1.807) is 6.07 Å². The van der Waals surface area contributed by atoms with Gasteiger partial charge in [0.1, 0.15) is 0 Å². The number of carbonyl (C=O) groups is 2. The van der Waals surface area contributed by atoms with Crippen LogP contribution in [0.4, 0.5) is 24.0 Å². The Morgan fingerprint density at radius 1 is 1.07 bits per heavy atom. The highest BCUT2D eigenvalue weighted by atomic mass is 32.2. The standard InChI is InChI=1S/C19H15F3N4O2S2/c1-11-5-2-3-8-14(11)23-15(27)10-29-18-26-25-17(30-18)24-16(28)12-6-4-7-13(9-12)19(20,21)22/h2-9H,10H2,1H3,(H,23,27)(H,24,25,28). The molecule has 0 radical (unpaired) electrons. The van der Waals surface area contributed by atoms with E-state index in [0.29, 0.717) is 4.34 Å². The van der Waals surface area contributed by atoms with Crippen LogP contribution in [0.15, 0.2) is 52.9 Å². The maximum absolute atomic E-state index is 12.8. The minimum Gasteiger partial charge on any atom is -0.325 e. The second-order valence-corrected chi connectivity index (χ2v) is 8.26. The van der Waals surface area contributed by atoms with Gasteiger partial charge in [-0.05, 0) is 36.8 Å². The fraction of sp³-hybridized carbons (Fsp3) is 0.158. The summed E-state index contributed by atoms with van der Waals surface area (Å²) in [7, 11) is 0. The van der Waals surface area contributed by atoms with Crippen LogP contribution in [0.3, 0.4) is 0 Å². The van der Waals surface area contributed by atoms with Crippen molar-refractivity contribution in [2.45, 2.75) is 17.4 Å². The van der Waals surface area contributed by atoms with Gasteiger partial charge in [-0.3, -0.25) is 14.9 Å². The zero-order valence-corrected chi connectivity index (χ0v) is 17.1. The summed E-state index contributed by atoms with van der Waals surface area (Å²) in [4.78, 5) is 24.3. The quantitative estimate of drug-likeness (QED) is 0.413.